The molecule has 0 aliphatic carbocycles. The van der Waals surface area contributed by atoms with Crippen LogP contribution in [0.25, 0.3) is 0 Å². The number of nitrogens with zero attached hydrogens (tertiary/aromatic N) is 7. The van der Waals surface area contributed by atoms with E-state index in [1.807, 2.05) is 24.8 Å². The van der Waals surface area contributed by atoms with Gasteiger partial charge in [0, 0.05) is 45.5 Å². The van der Waals surface area contributed by atoms with Gasteiger partial charge in [0.15, 0.2) is 0 Å². The van der Waals surface area contributed by atoms with E-state index in [4.69, 9.17) is 4.74 Å². The van der Waals surface area contributed by atoms with Crippen LogP contribution in [-0.2, 0) is 12.6 Å². The van der Waals surface area contributed by atoms with Crippen molar-refractivity contribution in [2.24, 2.45) is 7.05 Å². The van der Waals surface area contributed by atoms with Crippen molar-refractivity contribution < 1.29 is 14.3 Å². The van der Waals surface area contributed by atoms with Gasteiger partial charge in [-0.05, 0) is 32.0 Å². The van der Waals surface area contributed by atoms with Gasteiger partial charge in [-0.25, -0.2) is 4.98 Å². The first-order valence-corrected chi connectivity index (χ1v) is 11.2. The van der Waals surface area contributed by atoms with E-state index in [0.717, 1.165) is 5.69 Å². The molecule has 34 heavy (non-hydrogen) atoms. The second-order valence-corrected chi connectivity index (χ2v) is 8.97. The SMILES string of the molecule is COc1ccc2c(n1)C(C)(C)N(c1cncc(N3CCN(C(=O)c4ccnn4C)CC3)c1)C2=O. The van der Waals surface area contributed by atoms with Gasteiger partial charge in [0.05, 0.1) is 47.7 Å². The number of pyridine rings is 2. The summed E-state index contributed by atoms with van der Waals surface area (Å²) in [4.78, 5) is 40.9. The van der Waals surface area contributed by atoms with Gasteiger partial charge in [0.1, 0.15) is 5.69 Å². The Kier molecular flexibility index (Phi) is 5.22. The number of carbonyl (C=O) groups excluding carboxylic acids is 2. The van der Waals surface area contributed by atoms with Gasteiger partial charge in [0.25, 0.3) is 11.8 Å². The van der Waals surface area contributed by atoms with E-state index in [2.05, 4.69) is 20.0 Å². The third kappa shape index (κ3) is 3.46. The molecule has 2 aliphatic rings. The lowest BCUT2D eigenvalue weighted by atomic mass is 9.99. The van der Waals surface area contributed by atoms with Gasteiger partial charge in [-0.3, -0.25) is 24.2 Å². The Morgan fingerprint density at radius 2 is 1.79 bits per heavy atom. The zero-order chi connectivity index (χ0) is 24.0. The summed E-state index contributed by atoms with van der Waals surface area (Å²) in [6, 6.07) is 7.19. The lowest BCUT2D eigenvalue weighted by molar-refractivity contribution is 0.0735. The number of methoxy groups -OCH3 is 1. The lowest BCUT2D eigenvalue weighted by Crippen LogP contribution is -2.49. The van der Waals surface area contributed by atoms with E-state index >= 15 is 0 Å². The Bertz CT molecular complexity index is 1260. The summed E-state index contributed by atoms with van der Waals surface area (Å²) in [5, 5.41) is 4.09. The minimum absolute atomic E-state index is 0.0170. The van der Waals surface area contributed by atoms with Crippen molar-refractivity contribution >= 4 is 23.2 Å². The van der Waals surface area contributed by atoms with Crippen molar-refractivity contribution in [3.63, 3.8) is 0 Å². The summed E-state index contributed by atoms with van der Waals surface area (Å²) in [5.74, 6) is 0.351. The molecule has 1 fully saturated rings. The molecule has 176 valence electrons. The van der Waals surface area contributed by atoms with Gasteiger partial charge < -0.3 is 14.5 Å². The molecular formula is C24H27N7O3. The maximum absolute atomic E-state index is 13.3. The number of piperazine rings is 1. The molecule has 0 spiro atoms. The fourth-order valence-electron chi connectivity index (χ4n) is 4.74. The summed E-state index contributed by atoms with van der Waals surface area (Å²) in [6.07, 6.45) is 5.13. The molecule has 0 radical (unpaired) electrons. The van der Waals surface area contributed by atoms with Crippen molar-refractivity contribution in [3.05, 3.63) is 59.8 Å². The molecule has 2 aliphatic heterocycles. The number of aromatic nitrogens is 4. The molecular weight excluding hydrogens is 434 g/mol. The van der Waals surface area contributed by atoms with Gasteiger partial charge in [-0.15, -0.1) is 0 Å². The average Bonchev–Trinajstić information content (AvgIpc) is 3.36. The van der Waals surface area contributed by atoms with Crippen LogP contribution < -0.4 is 14.5 Å². The fourth-order valence-corrected chi connectivity index (χ4v) is 4.74. The number of fused-ring (bicyclic) bond motifs is 1. The minimum Gasteiger partial charge on any atom is -0.481 e. The zero-order valence-corrected chi connectivity index (χ0v) is 19.7. The fraction of sp³-hybridized carbons (Fsp3) is 0.375. The standard InChI is InChI=1S/C24H27N7O3/c1-24(2)21-18(5-6-20(27-21)34-4)22(32)31(24)17-13-16(14-25-15-17)29-9-11-30(12-10-29)23(33)19-7-8-26-28(19)3/h5-8,13-15H,9-12H2,1-4H3. The van der Waals surface area contributed by atoms with E-state index in [-0.39, 0.29) is 11.8 Å². The van der Waals surface area contributed by atoms with Gasteiger partial charge >= 0.3 is 0 Å². The first-order chi connectivity index (χ1) is 16.3. The van der Waals surface area contributed by atoms with E-state index in [1.54, 1.807) is 60.5 Å². The van der Waals surface area contributed by atoms with Gasteiger partial charge in [0.2, 0.25) is 5.88 Å². The highest BCUT2D eigenvalue weighted by Gasteiger charge is 2.45. The molecule has 10 heteroatoms. The molecule has 0 unspecified atom stereocenters. The van der Waals surface area contributed by atoms with Crippen molar-refractivity contribution in [1.82, 2.24) is 24.6 Å². The Labute approximate surface area is 197 Å². The summed E-state index contributed by atoms with van der Waals surface area (Å²) in [6.45, 7) is 6.47. The molecule has 0 atom stereocenters. The van der Waals surface area contributed by atoms with Crippen LogP contribution >= 0.6 is 0 Å². The predicted octanol–water partition coefficient (Wildman–Crippen LogP) is 2.08. The van der Waals surface area contributed by atoms with Crippen molar-refractivity contribution in [3.8, 4) is 5.88 Å². The van der Waals surface area contributed by atoms with Crippen molar-refractivity contribution in [1.29, 1.82) is 0 Å². The van der Waals surface area contributed by atoms with Crippen LogP contribution in [0, 0.1) is 0 Å². The molecule has 0 aromatic carbocycles. The topological polar surface area (TPSA) is 96.7 Å². The molecule has 5 rings (SSSR count). The number of ether oxygens (including phenoxy) is 1. The first kappa shape index (κ1) is 21.9. The molecule has 3 aromatic heterocycles. The molecule has 10 nitrogen and oxygen atoms in total. The van der Waals surface area contributed by atoms with E-state index < -0.39 is 5.54 Å². The molecule has 0 bridgehead atoms. The normalized spacial score (nSPS) is 17.2. The van der Waals surface area contributed by atoms with Gasteiger partial charge in [-0.1, -0.05) is 0 Å². The Morgan fingerprint density at radius 1 is 1.06 bits per heavy atom. The van der Waals surface area contributed by atoms with Crippen LogP contribution in [-0.4, -0.2) is 69.8 Å². The van der Waals surface area contributed by atoms with Crippen LogP contribution in [0.4, 0.5) is 11.4 Å². The van der Waals surface area contributed by atoms with E-state index in [1.165, 1.54) is 0 Å². The molecule has 0 N–H and O–H groups in total. The maximum atomic E-state index is 13.3. The van der Waals surface area contributed by atoms with Crippen LogP contribution in [0.3, 0.4) is 0 Å². The summed E-state index contributed by atoms with van der Waals surface area (Å²) in [5.41, 5.74) is 2.79. The second-order valence-electron chi connectivity index (χ2n) is 8.97. The number of aryl methyl sites for hydroxylation is 1. The molecule has 2 amide bonds. The quantitative estimate of drug-likeness (QED) is 0.587. The van der Waals surface area contributed by atoms with Crippen LogP contribution in [0.1, 0.15) is 40.4 Å². The molecule has 5 heterocycles. The van der Waals surface area contributed by atoms with E-state index in [0.29, 0.717) is 54.7 Å². The largest absolute Gasteiger partial charge is 0.481 e. The van der Waals surface area contributed by atoms with Crippen LogP contribution in [0.5, 0.6) is 5.88 Å². The maximum Gasteiger partial charge on any atom is 0.272 e. The number of rotatable bonds is 4. The summed E-state index contributed by atoms with van der Waals surface area (Å²) < 4.78 is 6.87. The number of hydrogen-bond donors (Lipinski definition) is 0. The van der Waals surface area contributed by atoms with Crippen LogP contribution in [0.2, 0.25) is 0 Å². The lowest BCUT2D eigenvalue weighted by Gasteiger charge is -2.37. The Morgan fingerprint density at radius 3 is 2.47 bits per heavy atom. The number of hydrogen-bond acceptors (Lipinski definition) is 7. The number of amides is 2. The highest BCUT2D eigenvalue weighted by atomic mass is 16.5. The highest BCUT2D eigenvalue weighted by Crippen LogP contribution is 2.42. The van der Waals surface area contributed by atoms with Crippen molar-refractivity contribution in [2.75, 3.05) is 43.1 Å². The third-order valence-electron chi connectivity index (χ3n) is 6.59. The molecule has 0 saturated carbocycles. The number of anilines is 2. The van der Waals surface area contributed by atoms with Gasteiger partial charge in [-0.2, -0.15) is 5.10 Å². The minimum atomic E-state index is -0.657. The number of carbonyl (C=O) groups is 2. The first-order valence-electron chi connectivity index (χ1n) is 11.2. The third-order valence-corrected chi connectivity index (χ3v) is 6.59. The summed E-state index contributed by atoms with van der Waals surface area (Å²) >= 11 is 0. The van der Waals surface area contributed by atoms with Crippen molar-refractivity contribution in [2.45, 2.75) is 19.4 Å². The Balaban J connectivity index is 1.35. The second kappa shape index (κ2) is 8.12. The van der Waals surface area contributed by atoms with Crippen LogP contribution in [0.15, 0.2) is 42.9 Å². The smallest absolute Gasteiger partial charge is 0.272 e. The average molecular weight is 462 g/mol. The Hall–Kier alpha value is -3.95. The molecule has 3 aromatic rings. The predicted molar refractivity (Wildman–Crippen MR) is 126 cm³/mol. The zero-order valence-electron chi connectivity index (χ0n) is 19.7. The molecule has 1 saturated heterocycles. The summed E-state index contributed by atoms with van der Waals surface area (Å²) in [7, 11) is 3.33. The van der Waals surface area contributed by atoms with E-state index in [9.17, 15) is 9.59 Å². The highest BCUT2D eigenvalue weighted by molar-refractivity contribution is 6.11. The monoisotopic (exact) mass is 461 g/mol.